The minimum Gasteiger partial charge on any atom is -0.494 e. The number of carbonyl (C=O) groups excluding carboxylic acids is 2. The Morgan fingerprint density at radius 3 is 2.76 bits per heavy atom. The lowest BCUT2D eigenvalue weighted by Gasteiger charge is -2.19. The van der Waals surface area contributed by atoms with Crippen LogP contribution < -0.4 is 20.1 Å². The fourth-order valence-corrected chi connectivity index (χ4v) is 2.61. The molecule has 6 heteroatoms. The predicted octanol–water partition coefficient (Wildman–Crippen LogP) is 2.91. The van der Waals surface area contributed by atoms with Crippen LogP contribution >= 0.6 is 0 Å². The average Bonchev–Trinajstić information content (AvgIpc) is 2.61. The number of rotatable bonds is 5. The molecule has 2 N–H and O–H groups in total. The van der Waals surface area contributed by atoms with Crippen molar-refractivity contribution >= 4 is 17.5 Å². The van der Waals surface area contributed by atoms with Gasteiger partial charge in [-0.05, 0) is 49.7 Å². The van der Waals surface area contributed by atoms with Crippen LogP contribution in [-0.2, 0) is 4.79 Å². The van der Waals surface area contributed by atoms with Crippen molar-refractivity contribution in [1.82, 2.24) is 5.32 Å². The highest BCUT2D eigenvalue weighted by Gasteiger charge is 2.18. The highest BCUT2D eigenvalue weighted by atomic mass is 16.5. The van der Waals surface area contributed by atoms with Crippen LogP contribution in [0.25, 0.3) is 0 Å². The van der Waals surface area contributed by atoms with E-state index in [1.54, 1.807) is 18.2 Å². The van der Waals surface area contributed by atoms with Gasteiger partial charge in [0, 0.05) is 5.56 Å². The number of anilines is 1. The molecule has 0 bridgehead atoms. The Morgan fingerprint density at radius 2 is 2.04 bits per heavy atom. The molecule has 1 aliphatic heterocycles. The maximum absolute atomic E-state index is 12.5. The number of hydrogen-bond donors (Lipinski definition) is 2. The molecule has 0 radical (unpaired) electrons. The number of carbonyl (C=O) groups is 2. The first-order chi connectivity index (χ1) is 12.1. The monoisotopic (exact) mass is 340 g/mol. The van der Waals surface area contributed by atoms with Crippen molar-refractivity contribution in [3.63, 3.8) is 0 Å². The molecule has 0 aliphatic carbocycles. The van der Waals surface area contributed by atoms with Gasteiger partial charge in [-0.1, -0.05) is 12.1 Å². The first-order valence-corrected chi connectivity index (χ1v) is 8.17. The molecular weight excluding hydrogens is 320 g/mol. The number of nitrogens with one attached hydrogen (secondary N) is 2. The molecule has 0 spiro atoms. The quantitative estimate of drug-likeness (QED) is 0.877. The Hall–Kier alpha value is -3.02. The first-order valence-electron chi connectivity index (χ1n) is 8.17. The smallest absolute Gasteiger partial charge is 0.262 e. The molecule has 1 heterocycles. The molecule has 1 atom stereocenters. The lowest BCUT2D eigenvalue weighted by Crippen LogP contribution is -2.28. The van der Waals surface area contributed by atoms with Crippen LogP contribution in [0.3, 0.4) is 0 Å². The van der Waals surface area contributed by atoms with Gasteiger partial charge in [0.1, 0.15) is 11.5 Å². The van der Waals surface area contributed by atoms with Gasteiger partial charge < -0.3 is 20.1 Å². The first kappa shape index (κ1) is 16.8. The van der Waals surface area contributed by atoms with Crippen LogP contribution in [0.1, 0.15) is 35.8 Å². The molecule has 2 aromatic rings. The summed E-state index contributed by atoms with van der Waals surface area (Å²) in [6, 6.07) is 12.4. The number of ether oxygens (including phenoxy) is 2. The topological polar surface area (TPSA) is 76.7 Å². The second-order valence-electron chi connectivity index (χ2n) is 5.74. The molecule has 0 saturated carbocycles. The minimum atomic E-state index is -0.229. The molecule has 0 aromatic heterocycles. The zero-order chi connectivity index (χ0) is 17.8. The zero-order valence-corrected chi connectivity index (χ0v) is 14.2. The van der Waals surface area contributed by atoms with E-state index < -0.39 is 0 Å². The molecule has 25 heavy (non-hydrogen) atoms. The third kappa shape index (κ3) is 3.91. The maximum Gasteiger partial charge on any atom is 0.262 e. The van der Waals surface area contributed by atoms with Gasteiger partial charge in [-0.15, -0.1) is 0 Å². The van der Waals surface area contributed by atoms with Gasteiger partial charge in [-0.3, -0.25) is 9.59 Å². The third-order valence-electron chi connectivity index (χ3n) is 3.91. The van der Waals surface area contributed by atoms with Crippen molar-refractivity contribution in [2.75, 3.05) is 18.5 Å². The standard InChI is InChI=1S/C19H20N2O4/c1-3-24-15-7-4-13(5-8-15)12(2)20-19(23)14-6-9-17-16(10-14)21-18(22)11-25-17/h4-10,12H,3,11H2,1-2H3,(H,20,23)(H,21,22). The highest BCUT2D eigenvalue weighted by Crippen LogP contribution is 2.28. The van der Waals surface area contributed by atoms with Crippen molar-refractivity contribution in [3.8, 4) is 11.5 Å². The normalized spacial score (nSPS) is 13.9. The largest absolute Gasteiger partial charge is 0.494 e. The second kappa shape index (κ2) is 7.25. The molecule has 1 aliphatic rings. The Kier molecular flexibility index (Phi) is 4.88. The van der Waals surface area contributed by atoms with Gasteiger partial charge in [-0.25, -0.2) is 0 Å². The molecule has 3 rings (SSSR count). The zero-order valence-electron chi connectivity index (χ0n) is 14.2. The number of hydrogen-bond acceptors (Lipinski definition) is 4. The maximum atomic E-state index is 12.5. The lowest BCUT2D eigenvalue weighted by atomic mass is 10.1. The number of fused-ring (bicyclic) bond motifs is 1. The van der Waals surface area contributed by atoms with E-state index in [2.05, 4.69) is 10.6 Å². The summed E-state index contributed by atoms with van der Waals surface area (Å²) in [5.41, 5.74) is 1.95. The third-order valence-corrected chi connectivity index (χ3v) is 3.91. The summed E-state index contributed by atoms with van der Waals surface area (Å²) in [7, 11) is 0. The molecule has 0 fully saturated rings. The fraction of sp³-hybridized carbons (Fsp3) is 0.263. The highest BCUT2D eigenvalue weighted by molar-refractivity contribution is 5.99. The van der Waals surface area contributed by atoms with Crippen molar-refractivity contribution in [1.29, 1.82) is 0 Å². The van der Waals surface area contributed by atoms with E-state index in [4.69, 9.17) is 9.47 Å². The van der Waals surface area contributed by atoms with Gasteiger partial charge in [0.15, 0.2) is 6.61 Å². The fourth-order valence-electron chi connectivity index (χ4n) is 2.61. The molecule has 6 nitrogen and oxygen atoms in total. The SMILES string of the molecule is CCOc1ccc(C(C)NC(=O)c2ccc3c(c2)NC(=O)CO3)cc1. The number of amides is 2. The molecule has 1 unspecified atom stereocenters. The van der Waals surface area contributed by atoms with Crippen LogP contribution in [0, 0.1) is 0 Å². The van der Waals surface area contributed by atoms with Gasteiger partial charge in [-0.2, -0.15) is 0 Å². The van der Waals surface area contributed by atoms with Gasteiger partial charge >= 0.3 is 0 Å². The van der Waals surface area contributed by atoms with Crippen molar-refractivity contribution < 1.29 is 19.1 Å². The van der Waals surface area contributed by atoms with E-state index in [1.165, 1.54) is 0 Å². The van der Waals surface area contributed by atoms with Crippen LogP contribution in [0.5, 0.6) is 11.5 Å². The van der Waals surface area contributed by atoms with Crippen molar-refractivity contribution in [3.05, 3.63) is 53.6 Å². The van der Waals surface area contributed by atoms with Crippen molar-refractivity contribution in [2.45, 2.75) is 19.9 Å². The predicted molar refractivity (Wildman–Crippen MR) is 94.1 cm³/mol. The summed E-state index contributed by atoms with van der Waals surface area (Å²) in [6.45, 7) is 4.46. The summed E-state index contributed by atoms with van der Waals surface area (Å²) >= 11 is 0. The van der Waals surface area contributed by atoms with E-state index in [0.717, 1.165) is 11.3 Å². The van der Waals surface area contributed by atoms with E-state index in [-0.39, 0.29) is 24.5 Å². The van der Waals surface area contributed by atoms with E-state index in [0.29, 0.717) is 23.6 Å². The van der Waals surface area contributed by atoms with Crippen LogP contribution in [0.15, 0.2) is 42.5 Å². The Bertz CT molecular complexity index is 787. The number of benzene rings is 2. The van der Waals surface area contributed by atoms with Gasteiger partial charge in [0.05, 0.1) is 18.3 Å². The lowest BCUT2D eigenvalue weighted by molar-refractivity contribution is -0.118. The van der Waals surface area contributed by atoms with Gasteiger partial charge in [0.25, 0.3) is 11.8 Å². The molecule has 130 valence electrons. The summed E-state index contributed by atoms with van der Waals surface area (Å²) in [5, 5.41) is 5.65. The minimum absolute atomic E-state index is 0.00663. The molecular formula is C19H20N2O4. The average molecular weight is 340 g/mol. The summed E-state index contributed by atoms with van der Waals surface area (Å²) in [5.74, 6) is 0.919. The van der Waals surface area contributed by atoms with Crippen LogP contribution in [-0.4, -0.2) is 25.0 Å². The van der Waals surface area contributed by atoms with E-state index in [9.17, 15) is 9.59 Å². The summed E-state index contributed by atoms with van der Waals surface area (Å²) < 4.78 is 10.7. The molecule has 2 aromatic carbocycles. The Balaban J connectivity index is 1.69. The van der Waals surface area contributed by atoms with Crippen LogP contribution in [0.2, 0.25) is 0 Å². The van der Waals surface area contributed by atoms with Crippen LogP contribution in [0.4, 0.5) is 5.69 Å². The Labute approximate surface area is 146 Å². The Morgan fingerprint density at radius 1 is 1.28 bits per heavy atom. The van der Waals surface area contributed by atoms with E-state index >= 15 is 0 Å². The van der Waals surface area contributed by atoms with E-state index in [1.807, 2.05) is 38.1 Å². The summed E-state index contributed by atoms with van der Waals surface area (Å²) in [4.78, 5) is 23.9. The van der Waals surface area contributed by atoms with Gasteiger partial charge in [0.2, 0.25) is 0 Å². The molecule has 2 amide bonds. The van der Waals surface area contributed by atoms with Crippen molar-refractivity contribution in [2.24, 2.45) is 0 Å². The molecule has 0 saturated heterocycles. The summed E-state index contributed by atoms with van der Waals surface area (Å²) in [6.07, 6.45) is 0. The second-order valence-corrected chi connectivity index (χ2v) is 5.74.